The Labute approximate surface area is 163 Å². The fraction of sp³-hybridized carbons (Fsp3) is 0.500. The average molecular weight is 387 g/mol. The number of piperidine rings is 1. The molecule has 0 spiro atoms. The Kier molecular flexibility index (Phi) is 5.79. The number of amides is 4. The molecule has 0 aliphatic carbocycles. The minimum atomic E-state index is -0.366. The first kappa shape index (κ1) is 20.0. The number of nitrogens with zero attached hydrogens (tertiary/aromatic N) is 2. The van der Waals surface area contributed by atoms with Crippen molar-refractivity contribution in [2.75, 3.05) is 26.8 Å². The molecule has 2 heterocycles. The zero-order valence-corrected chi connectivity index (χ0v) is 16.4. The average Bonchev–Trinajstić information content (AvgIpc) is 2.92. The zero-order chi connectivity index (χ0) is 20.4. The van der Waals surface area contributed by atoms with Crippen molar-refractivity contribution in [2.24, 2.45) is 0 Å². The second kappa shape index (κ2) is 8.10. The first-order valence-electron chi connectivity index (χ1n) is 9.43. The largest absolute Gasteiger partial charge is 0.375 e. The van der Waals surface area contributed by atoms with Gasteiger partial charge in [0.1, 0.15) is 6.61 Å². The summed E-state index contributed by atoms with van der Waals surface area (Å²) >= 11 is 0. The van der Waals surface area contributed by atoms with Crippen LogP contribution < -0.4 is 5.32 Å². The van der Waals surface area contributed by atoms with Gasteiger partial charge < -0.3 is 15.0 Å². The predicted molar refractivity (Wildman–Crippen MR) is 101 cm³/mol. The van der Waals surface area contributed by atoms with Gasteiger partial charge in [0.15, 0.2) is 0 Å². The van der Waals surface area contributed by atoms with E-state index in [0.29, 0.717) is 37.1 Å². The van der Waals surface area contributed by atoms with E-state index in [-0.39, 0.29) is 47.9 Å². The van der Waals surface area contributed by atoms with Gasteiger partial charge in [0, 0.05) is 37.8 Å². The van der Waals surface area contributed by atoms with Crippen LogP contribution in [0.25, 0.3) is 0 Å². The Bertz CT molecular complexity index is 812. The van der Waals surface area contributed by atoms with Crippen molar-refractivity contribution in [3.8, 4) is 0 Å². The van der Waals surface area contributed by atoms with Crippen LogP contribution in [0.5, 0.6) is 0 Å². The van der Waals surface area contributed by atoms with Crippen molar-refractivity contribution in [1.29, 1.82) is 0 Å². The minimum Gasteiger partial charge on any atom is -0.375 e. The second-order valence-corrected chi connectivity index (χ2v) is 7.40. The second-order valence-electron chi connectivity index (χ2n) is 7.40. The molecule has 1 saturated heterocycles. The maximum atomic E-state index is 12.6. The minimum absolute atomic E-state index is 0.0446. The van der Waals surface area contributed by atoms with Gasteiger partial charge >= 0.3 is 0 Å². The highest BCUT2D eigenvalue weighted by Gasteiger charge is 2.37. The smallest absolute Gasteiger partial charge is 0.261 e. The van der Waals surface area contributed by atoms with Crippen molar-refractivity contribution in [3.05, 3.63) is 34.9 Å². The quantitative estimate of drug-likeness (QED) is 0.762. The Morgan fingerprint density at radius 1 is 1.14 bits per heavy atom. The summed E-state index contributed by atoms with van der Waals surface area (Å²) in [7, 11) is 1.49. The Morgan fingerprint density at radius 3 is 2.39 bits per heavy atom. The predicted octanol–water partition coefficient (Wildman–Crippen LogP) is 1.06. The van der Waals surface area contributed by atoms with Crippen LogP contribution in [-0.2, 0) is 9.53 Å². The number of ether oxygens (including phenoxy) is 1. The lowest BCUT2D eigenvalue weighted by molar-refractivity contribution is -0.136. The fourth-order valence-electron chi connectivity index (χ4n) is 3.63. The SMILES string of the molecule is COCC(=O)N1CCC(NC(=O)c2ccc3c(c2)C(=O)N(C(C)C)C3=O)CC1. The first-order chi connectivity index (χ1) is 13.3. The molecule has 1 aromatic carbocycles. The molecule has 0 saturated carbocycles. The van der Waals surface area contributed by atoms with Gasteiger partial charge in [-0.15, -0.1) is 0 Å². The van der Waals surface area contributed by atoms with E-state index in [1.807, 2.05) is 0 Å². The summed E-state index contributed by atoms with van der Waals surface area (Å²) in [6.07, 6.45) is 1.31. The van der Waals surface area contributed by atoms with E-state index in [9.17, 15) is 19.2 Å². The van der Waals surface area contributed by atoms with Gasteiger partial charge in [0.05, 0.1) is 11.1 Å². The summed E-state index contributed by atoms with van der Waals surface area (Å²) in [5, 5.41) is 2.96. The van der Waals surface area contributed by atoms with Crippen LogP contribution in [0.2, 0.25) is 0 Å². The Morgan fingerprint density at radius 2 is 1.79 bits per heavy atom. The van der Waals surface area contributed by atoms with Gasteiger partial charge in [-0.2, -0.15) is 0 Å². The molecule has 0 radical (unpaired) electrons. The lowest BCUT2D eigenvalue weighted by Crippen LogP contribution is -2.47. The van der Waals surface area contributed by atoms with Gasteiger partial charge in [-0.3, -0.25) is 24.1 Å². The normalized spacial score (nSPS) is 17.3. The fourth-order valence-corrected chi connectivity index (χ4v) is 3.63. The molecule has 28 heavy (non-hydrogen) atoms. The maximum Gasteiger partial charge on any atom is 0.261 e. The van der Waals surface area contributed by atoms with Gasteiger partial charge in [0.2, 0.25) is 5.91 Å². The number of likely N-dealkylation sites (tertiary alicyclic amines) is 1. The van der Waals surface area contributed by atoms with Crippen LogP contribution in [0.3, 0.4) is 0 Å². The van der Waals surface area contributed by atoms with Crippen molar-refractivity contribution in [1.82, 2.24) is 15.1 Å². The summed E-state index contributed by atoms with van der Waals surface area (Å²) < 4.78 is 4.87. The summed E-state index contributed by atoms with van der Waals surface area (Å²) in [5.41, 5.74) is 0.954. The number of methoxy groups -OCH3 is 1. The molecule has 1 aromatic rings. The van der Waals surface area contributed by atoms with Gasteiger partial charge in [0.25, 0.3) is 17.7 Å². The zero-order valence-electron chi connectivity index (χ0n) is 16.4. The molecule has 3 rings (SSSR count). The van der Waals surface area contributed by atoms with Crippen LogP contribution in [0, 0.1) is 0 Å². The van der Waals surface area contributed by atoms with Gasteiger partial charge in [-0.1, -0.05) is 0 Å². The third-order valence-electron chi connectivity index (χ3n) is 5.15. The van der Waals surface area contributed by atoms with E-state index in [2.05, 4.69) is 5.32 Å². The van der Waals surface area contributed by atoms with Gasteiger partial charge in [-0.05, 0) is 44.9 Å². The molecule has 0 atom stereocenters. The first-order valence-corrected chi connectivity index (χ1v) is 9.43. The third-order valence-corrected chi connectivity index (χ3v) is 5.15. The Balaban J connectivity index is 1.64. The molecule has 2 aliphatic heterocycles. The molecule has 150 valence electrons. The number of hydrogen-bond donors (Lipinski definition) is 1. The van der Waals surface area contributed by atoms with E-state index in [1.165, 1.54) is 18.1 Å². The highest BCUT2D eigenvalue weighted by molar-refractivity contribution is 6.22. The van der Waals surface area contributed by atoms with Crippen LogP contribution in [-0.4, -0.2) is 72.3 Å². The molecule has 0 unspecified atom stereocenters. The lowest BCUT2D eigenvalue weighted by Gasteiger charge is -2.32. The van der Waals surface area contributed by atoms with Crippen LogP contribution >= 0.6 is 0 Å². The Hall–Kier alpha value is -2.74. The standard InChI is InChI=1S/C20H25N3O5/c1-12(2)23-19(26)15-5-4-13(10-16(15)20(23)27)18(25)21-14-6-8-22(9-7-14)17(24)11-28-3/h4-5,10,12,14H,6-9,11H2,1-3H3,(H,21,25). The van der Waals surface area contributed by atoms with Gasteiger partial charge in [-0.25, -0.2) is 0 Å². The summed E-state index contributed by atoms with van der Waals surface area (Å²) in [6, 6.07) is 4.32. The number of benzene rings is 1. The number of fused-ring (bicyclic) bond motifs is 1. The van der Waals surface area contributed by atoms with Crippen LogP contribution in [0.4, 0.5) is 0 Å². The summed E-state index contributed by atoms with van der Waals surface area (Å²) in [6.45, 7) is 4.74. The number of nitrogens with one attached hydrogen (secondary N) is 1. The van der Waals surface area contributed by atoms with Crippen LogP contribution in [0.1, 0.15) is 57.8 Å². The number of rotatable bonds is 5. The van der Waals surface area contributed by atoms with E-state index in [4.69, 9.17) is 4.74 Å². The molecule has 4 amide bonds. The maximum absolute atomic E-state index is 12.6. The number of hydrogen-bond acceptors (Lipinski definition) is 5. The molecule has 0 bridgehead atoms. The number of imide groups is 1. The lowest BCUT2D eigenvalue weighted by atomic mass is 10.0. The highest BCUT2D eigenvalue weighted by atomic mass is 16.5. The number of carbonyl (C=O) groups excluding carboxylic acids is 4. The molecule has 1 N–H and O–H groups in total. The monoisotopic (exact) mass is 387 g/mol. The summed E-state index contributed by atoms with van der Waals surface area (Å²) in [5.74, 6) is -1.03. The molecule has 1 fully saturated rings. The highest BCUT2D eigenvalue weighted by Crippen LogP contribution is 2.26. The van der Waals surface area contributed by atoms with Crippen molar-refractivity contribution in [2.45, 2.75) is 38.8 Å². The molecule has 2 aliphatic rings. The number of carbonyl (C=O) groups is 4. The molecule has 8 nitrogen and oxygen atoms in total. The topological polar surface area (TPSA) is 96.0 Å². The molecule has 8 heteroatoms. The van der Waals surface area contributed by atoms with E-state index in [1.54, 1.807) is 30.9 Å². The van der Waals surface area contributed by atoms with Crippen LogP contribution in [0.15, 0.2) is 18.2 Å². The third kappa shape index (κ3) is 3.77. The molecular formula is C20H25N3O5. The van der Waals surface area contributed by atoms with Crippen molar-refractivity contribution in [3.63, 3.8) is 0 Å². The summed E-state index contributed by atoms with van der Waals surface area (Å²) in [4.78, 5) is 52.2. The molecule has 0 aromatic heterocycles. The van der Waals surface area contributed by atoms with E-state index < -0.39 is 0 Å². The van der Waals surface area contributed by atoms with Crippen molar-refractivity contribution >= 4 is 23.6 Å². The molecular weight excluding hydrogens is 362 g/mol. The van der Waals surface area contributed by atoms with E-state index >= 15 is 0 Å². The van der Waals surface area contributed by atoms with Crippen molar-refractivity contribution < 1.29 is 23.9 Å². The van der Waals surface area contributed by atoms with E-state index in [0.717, 1.165) is 0 Å².